The van der Waals surface area contributed by atoms with Crippen molar-refractivity contribution in [1.82, 2.24) is 4.72 Å². The van der Waals surface area contributed by atoms with Gasteiger partial charge in [-0.25, -0.2) is 17.9 Å². The summed E-state index contributed by atoms with van der Waals surface area (Å²) < 4.78 is 28.1. The van der Waals surface area contributed by atoms with Gasteiger partial charge in [0.1, 0.15) is 9.77 Å². The number of thiophene rings is 1. The van der Waals surface area contributed by atoms with Crippen molar-refractivity contribution in [3.8, 4) is 0 Å². The van der Waals surface area contributed by atoms with Gasteiger partial charge in [-0.3, -0.25) is 0 Å². The summed E-state index contributed by atoms with van der Waals surface area (Å²) in [7, 11) is -3.81. The first kappa shape index (κ1) is 14.5. The lowest BCUT2D eigenvalue weighted by Gasteiger charge is -2.06. The zero-order chi connectivity index (χ0) is 15.0. The molecule has 1 aromatic heterocycles. The molecule has 1 aromatic carbocycles. The summed E-state index contributed by atoms with van der Waals surface area (Å²) in [5.41, 5.74) is 0. The Balaban J connectivity index is 1.99. The Morgan fingerprint density at radius 1 is 1.33 bits per heavy atom. The smallest absolute Gasteiger partial charge is 0.347 e. The molecule has 0 amide bonds. The number of nitrogens with one attached hydrogen (secondary N) is 1. The summed E-state index contributed by atoms with van der Waals surface area (Å²) in [6, 6.07) is 6.86. The molecule has 2 N–H and O–H groups in total. The maximum absolute atomic E-state index is 12.5. The van der Waals surface area contributed by atoms with Crippen LogP contribution in [0.15, 0.2) is 29.2 Å². The number of fused-ring (bicyclic) bond motifs is 1. The summed E-state index contributed by atoms with van der Waals surface area (Å²) in [4.78, 5) is 11.1. The van der Waals surface area contributed by atoms with E-state index in [-0.39, 0.29) is 9.77 Å². The molecule has 0 aliphatic heterocycles. The number of sulfonamides is 1. The molecule has 7 heteroatoms. The van der Waals surface area contributed by atoms with Gasteiger partial charge in [0, 0.05) is 16.6 Å². The molecule has 112 valence electrons. The molecule has 1 aliphatic rings. The highest BCUT2D eigenvalue weighted by atomic mass is 32.2. The average molecular weight is 325 g/mol. The molecule has 0 saturated heterocycles. The number of aromatic carboxylic acids is 1. The van der Waals surface area contributed by atoms with Crippen molar-refractivity contribution >= 4 is 37.4 Å². The van der Waals surface area contributed by atoms with Crippen LogP contribution in [0.1, 0.15) is 28.9 Å². The van der Waals surface area contributed by atoms with Crippen LogP contribution in [-0.4, -0.2) is 26.0 Å². The Hall–Kier alpha value is -1.44. The second-order valence-corrected chi connectivity index (χ2v) is 7.95. The van der Waals surface area contributed by atoms with Crippen molar-refractivity contribution in [3.05, 3.63) is 29.1 Å². The molecule has 0 radical (unpaired) electrons. The fourth-order valence-electron chi connectivity index (χ4n) is 2.31. The van der Waals surface area contributed by atoms with Crippen molar-refractivity contribution in [2.45, 2.75) is 24.2 Å². The average Bonchev–Trinajstić information content (AvgIpc) is 3.15. The third-order valence-electron chi connectivity index (χ3n) is 3.55. The molecular weight excluding hydrogens is 310 g/mol. The summed E-state index contributed by atoms with van der Waals surface area (Å²) >= 11 is 0.992. The summed E-state index contributed by atoms with van der Waals surface area (Å²) in [5, 5.41) is 9.74. The normalized spacial score (nSPS) is 15.4. The largest absolute Gasteiger partial charge is 0.477 e. The number of rotatable bonds is 6. The van der Waals surface area contributed by atoms with Gasteiger partial charge < -0.3 is 5.11 Å². The predicted octanol–water partition coefficient (Wildman–Crippen LogP) is 2.68. The van der Waals surface area contributed by atoms with Gasteiger partial charge in [0.15, 0.2) is 0 Å². The van der Waals surface area contributed by atoms with Crippen LogP contribution in [0.5, 0.6) is 0 Å². The lowest BCUT2D eigenvalue weighted by Crippen LogP contribution is -2.26. The van der Waals surface area contributed by atoms with Crippen LogP contribution in [0.4, 0.5) is 0 Å². The van der Waals surface area contributed by atoms with Crippen molar-refractivity contribution in [1.29, 1.82) is 0 Å². The first-order chi connectivity index (χ1) is 9.99. The van der Waals surface area contributed by atoms with E-state index in [0.29, 0.717) is 22.5 Å². The van der Waals surface area contributed by atoms with E-state index in [4.69, 9.17) is 0 Å². The monoisotopic (exact) mass is 325 g/mol. The number of hydrogen-bond acceptors (Lipinski definition) is 4. The predicted molar refractivity (Wildman–Crippen MR) is 81.3 cm³/mol. The molecule has 5 nitrogen and oxygen atoms in total. The lowest BCUT2D eigenvalue weighted by atomic mass is 10.2. The van der Waals surface area contributed by atoms with E-state index in [2.05, 4.69) is 4.72 Å². The minimum Gasteiger partial charge on any atom is -0.477 e. The molecule has 21 heavy (non-hydrogen) atoms. The quantitative estimate of drug-likeness (QED) is 0.855. The Bertz CT molecular complexity index is 790. The van der Waals surface area contributed by atoms with E-state index < -0.39 is 16.0 Å². The van der Waals surface area contributed by atoms with Crippen molar-refractivity contribution in [2.75, 3.05) is 6.54 Å². The van der Waals surface area contributed by atoms with Crippen LogP contribution >= 0.6 is 11.3 Å². The highest BCUT2D eigenvalue weighted by molar-refractivity contribution is 7.90. The van der Waals surface area contributed by atoms with Crippen molar-refractivity contribution < 1.29 is 18.3 Å². The van der Waals surface area contributed by atoms with Gasteiger partial charge >= 0.3 is 5.97 Å². The van der Waals surface area contributed by atoms with E-state index in [9.17, 15) is 18.3 Å². The molecule has 0 spiro atoms. The standard InChI is InChI=1S/C14H15NO4S2/c16-14(17)12-13(10-3-1-2-4-11(10)20-12)21(18,19)15-8-7-9-5-6-9/h1-4,9,15H,5-8H2,(H,16,17). The van der Waals surface area contributed by atoms with E-state index in [0.717, 1.165) is 30.6 Å². The zero-order valence-electron chi connectivity index (χ0n) is 11.2. The van der Waals surface area contributed by atoms with Crippen LogP contribution in [-0.2, 0) is 10.0 Å². The Labute approximate surface area is 126 Å². The van der Waals surface area contributed by atoms with Crippen molar-refractivity contribution in [3.63, 3.8) is 0 Å². The molecular formula is C14H15NO4S2. The molecule has 1 fully saturated rings. The minimum absolute atomic E-state index is 0.105. The minimum atomic E-state index is -3.81. The fourth-order valence-corrected chi connectivity index (χ4v) is 5.09. The second kappa shape index (κ2) is 5.40. The van der Waals surface area contributed by atoms with E-state index in [1.165, 1.54) is 0 Å². The van der Waals surface area contributed by atoms with Gasteiger partial charge in [-0.15, -0.1) is 11.3 Å². The Morgan fingerprint density at radius 3 is 2.71 bits per heavy atom. The SMILES string of the molecule is O=C(O)c1sc2ccccc2c1S(=O)(=O)NCCC1CC1. The number of carboxylic acid groups (broad SMARTS) is 1. The maximum Gasteiger partial charge on any atom is 0.347 e. The third-order valence-corrected chi connectivity index (χ3v) is 6.39. The molecule has 1 aliphatic carbocycles. The first-order valence-corrected chi connectivity index (χ1v) is 9.03. The van der Waals surface area contributed by atoms with Crippen LogP contribution in [0.25, 0.3) is 10.1 Å². The summed E-state index contributed by atoms with van der Waals surface area (Å²) in [6.07, 6.45) is 3.12. The number of hydrogen-bond donors (Lipinski definition) is 2. The van der Waals surface area contributed by atoms with Gasteiger partial charge in [-0.1, -0.05) is 31.0 Å². The molecule has 0 atom stereocenters. The number of benzene rings is 1. The molecule has 1 heterocycles. The Kier molecular flexibility index (Phi) is 3.73. The van der Waals surface area contributed by atoms with Crippen LogP contribution in [0, 0.1) is 5.92 Å². The van der Waals surface area contributed by atoms with E-state index in [1.54, 1.807) is 24.3 Å². The number of carboxylic acids is 1. The zero-order valence-corrected chi connectivity index (χ0v) is 12.8. The lowest BCUT2D eigenvalue weighted by molar-refractivity contribution is 0.0698. The van der Waals surface area contributed by atoms with Crippen LogP contribution < -0.4 is 4.72 Å². The van der Waals surface area contributed by atoms with Gasteiger partial charge in [0.05, 0.1) is 0 Å². The van der Waals surface area contributed by atoms with E-state index in [1.807, 2.05) is 0 Å². The van der Waals surface area contributed by atoms with Gasteiger partial charge in [-0.05, 0) is 18.4 Å². The van der Waals surface area contributed by atoms with E-state index >= 15 is 0 Å². The third kappa shape index (κ3) is 2.95. The highest BCUT2D eigenvalue weighted by Crippen LogP contribution is 2.35. The van der Waals surface area contributed by atoms with Crippen LogP contribution in [0.3, 0.4) is 0 Å². The van der Waals surface area contributed by atoms with Gasteiger partial charge in [0.25, 0.3) is 0 Å². The molecule has 1 saturated carbocycles. The summed E-state index contributed by atoms with van der Waals surface area (Å²) in [6.45, 7) is 0.357. The molecule has 0 bridgehead atoms. The number of carbonyl (C=O) groups is 1. The topological polar surface area (TPSA) is 83.5 Å². The molecule has 0 unspecified atom stereocenters. The summed E-state index contributed by atoms with van der Waals surface area (Å²) in [5.74, 6) is -0.593. The molecule has 2 aromatic rings. The first-order valence-electron chi connectivity index (χ1n) is 6.73. The van der Waals surface area contributed by atoms with Crippen LogP contribution in [0.2, 0.25) is 0 Å². The fraction of sp³-hybridized carbons (Fsp3) is 0.357. The highest BCUT2D eigenvalue weighted by Gasteiger charge is 2.28. The molecule has 3 rings (SSSR count). The maximum atomic E-state index is 12.5. The van der Waals surface area contributed by atoms with Gasteiger partial charge in [0.2, 0.25) is 10.0 Å². The Morgan fingerprint density at radius 2 is 2.05 bits per heavy atom. The van der Waals surface area contributed by atoms with Crippen molar-refractivity contribution in [2.24, 2.45) is 5.92 Å². The second-order valence-electron chi connectivity index (χ2n) is 5.19. The van der Waals surface area contributed by atoms with Gasteiger partial charge in [-0.2, -0.15) is 0 Å².